The second kappa shape index (κ2) is 3.24. The third-order valence-electron chi connectivity index (χ3n) is 0. The molecule has 0 aromatic carbocycles. The molecule has 0 fully saturated rings. The molecule has 6 heavy (non-hydrogen) atoms. The minimum atomic E-state index is -3.61. The number of hydrogen-bond acceptors (Lipinski definition) is 1. The Morgan fingerprint density at radius 3 is 1.50 bits per heavy atom. The van der Waals surface area contributed by atoms with E-state index in [1.807, 2.05) is 0 Å². The molecule has 0 saturated carbocycles. The van der Waals surface area contributed by atoms with Crippen molar-refractivity contribution in [3.8, 4) is 0 Å². The molecule has 0 aliphatic carbocycles. The van der Waals surface area contributed by atoms with Crippen LogP contribution < -0.4 is 12.4 Å². The normalized spacial score (nSPS) is 10.0. The molecule has 0 aliphatic heterocycles. The van der Waals surface area contributed by atoms with Gasteiger partial charge in [-0.3, -0.25) is 0 Å². The van der Waals surface area contributed by atoms with Gasteiger partial charge in [0.05, 0.1) is 0 Å². The zero-order valence-corrected chi connectivity index (χ0v) is 5.90. The third kappa shape index (κ3) is 63.3. The Morgan fingerprint density at radius 1 is 1.50 bits per heavy atom. The van der Waals surface area contributed by atoms with Crippen LogP contribution in [-0.2, 0) is 4.57 Å². The maximum atomic E-state index is 9.34. The fourth-order valence-corrected chi connectivity index (χ4v) is 0. The second-order valence-corrected chi connectivity index (χ2v) is 4.47. The first kappa shape index (κ1) is 10.2. The second-order valence-electron chi connectivity index (χ2n) is 0.665. The Bertz CT molecular complexity index is 56.9. The fourth-order valence-electron chi connectivity index (χ4n) is 0. The van der Waals surface area contributed by atoms with Gasteiger partial charge in [-0.25, -0.2) is 0 Å². The SMILES string of the molecule is O=[P](O)(O)[Mg+].[Cl-]. The van der Waals surface area contributed by atoms with E-state index < -0.39 is 5.38 Å². The third-order valence-corrected chi connectivity index (χ3v) is 0. The molecule has 0 amide bonds. The molecule has 3 nitrogen and oxygen atoms in total. The molecule has 0 atom stereocenters. The molecule has 6 heteroatoms. The van der Waals surface area contributed by atoms with Crippen LogP contribution in [0, 0.1) is 0 Å². The van der Waals surface area contributed by atoms with Crippen molar-refractivity contribution in [1.82, 2.24) is 0 Å². The predicted molar refractivity (Wildman–Crippen MR) is 17.8 cm³/mol. The van der Waals surface area contributed by atoms with Crippen molar-refractivity contribution in [3.63, 3.8) is 0 Å². The van der Waals surface area contributed by atoms with E-state index in [0.29, 0.717) is 21.2 Å². The molecule has 0 aromatic rings. The first-order valence-electron chi connectivity index (χ1n) is 0.899. The first-order chi connectivity index (χ1) is 2.00. The van der Waals surface area contributed by atoms with Crippen LogP contribution in [0.2, 0.25) is 0 Å². The standard InChI is InChI=1S/ClH.Mg.HO3P/c;;1-4(2)3/h1H;;(H-,1,2,3). The molecule has 0 saturated heterocycles. The quantitative estimate of drug-likeness (QED) is 0.269. The molecule has 0 radical (unpaired) electrons. The van der Waals surface area contributed by atoms with Gasteiger partial charge in [-0.15, -0.1) is 0 Å². The van der Waals surface area contributed by atoms with Crippen LogP contribution in [-0.4, -0.2) is 31.0 Å². The Labute approximate surface area is 53.5 Å². The van der Waals surface area contributed by atoms with Gasteiger partial charge >= 0.3 is 40.9 Å². The summed E-state index contributed by atoms with van der Waals surface area (Å²) in [6.07, 6.45) is 0. The van der Waals surface area contributed by atoms with Crippen LogP contribution in [0.4, 0.5) is 0 Å². The minimum Gasteiger partial charge on any atom is -1.00 e. The van der Waals surface area contributed by atoms with Crippen LogP contribution in [0.3, 0.4) is 0 Å². The van der Waals surface area contributed by atoms with Gasteiger partial charge < -0.3 is 12.4 Å². The van der Waals surface area contributed by atoms with Crippen molar-refractivity contribution in [3.05, 3.63) is 0 Å². The summed E-state index contributed by atoms with van der Waals surface area (Å²) in [4.78, 5) is 15.3. The number of hydrogen-bond donors (Lipinski definition) is 2. The topological polar surface area (TPSA) is 57.5 Å². The largest absolute Gasteiger partial charge is 1.00 e. The summed E-state index contributed by atoms with van der Waals surface area (Å²) in [5, 5.41) is -3.61. The van der Waals surface area contributed by atoms with E-state index in [4.69, 9.17) is 9.79 Å². The molecule has 2 N–H and O–H groups in total. The van der Waals surface area contributed by atoms with Crippen molar-refractivity contribution in [1.29, 1.82) is 0 Å². The summed E-state index contributed by atoms with van der Waals surface area (Å²) in [6.45, 7) is 0. The van der Waals surface area contributed by atoms with Crippen LogP contribution in [0.5, 0.6) is 0 Å². The Kier molecular flexibility index (Phi) is 5.53. The predicted octanol–water partition coefficient (Wildman–Crippen LogP) is -3.75. The zero-order valence-electron chi connectivity index (χ0n) is 2.83. The average Bonchev–Trinajstić information content (AvgIpc) is 0.722. The van der Waals surface area contributed by atoms with Crippen molar-refractivity contribution in [2.45, 2.75) is 0 Å². The summed E-state index contributed by atoms with van der Waals surface area (Å²) in [5.41, 5.74) is 0. The first-order valence-corrected chi connectivity index (χ1v) is 4.59. The van der Waals surface area contributed by atoms with Gasteiger partial charge in [0, 0.05) is 0 Å². The molecule has 0 bridgehead atoms. The van der Waals surface area contributed by atoms with E-state index in [1.54, 1.807) is 0 Å². The Balaban J connectivity index is 0. The van der Waals surface area contributed by atoms with Crippen LogP contribution in [0.1, 0.15) is 0 Å². The minimum absolute atomic E-state index is 0. The molecule has 0 rings (SSSR count). The fraction of sp³-hybridized carbons (Fsp3) is 0. The Morgan fingerprint density at radius 2 is 1.50 bits per heavy atom. The molecular weight excluding hydrogens is 139 g/mol. The molecule has 34 valence electrons. The zero-order chi connectivity index (χ0) is 4.50. The summed E-state index contributed by atoms with van der Waals surface area (Å²) < 4.78 is 9.34. The van der Waals surface area contributed by atoms with Crippen molar-refractivity contribution < 1.29 is 26.8 Å². The summed E-state index contributed by atoms with van der Waals surface area (Å²) in [7, 11) is 0. The van der Waals surface area contributed by atoms with Gasteiger partial charge in [-0.1, -0.05) is 0 Å². The average molecular weight is 141 g/mol. The van der Waals surface area contributed by atoms with Gasteiger partial charge in [0.15, 0.2) is 0 Å². The number of halogens is 1. The summed E-state index contributed by atoms with van der Waals surface area (Å²) >= 11 is 0.678. The van der Waals surface area contributed by atoms with Gasteiger partial charge in [0.2, 0.25) is 0 Å². The van der Waals surface area contributed by atoms with Gasteiger partial charge in [-0.05, 0) is 0 Å². The van der Waals surface area contributed by atoms with E-state index in [1.165, 1.54) is 0 Å². The van der Waals surface area contributed by atoms with E-state index >= 15 is 0 Å². The van der Waals surface area contributed by atoms with Gasteiger partial charge in [0.25, 0.3) is 0 Å². The molecule has 0 aromatic heterocycles. The monoisotopic (exact) mass is 140 g/mol. The van der Waals surface area contributed by atoms with E-state index in [2.05, 4.69) is 0 Å². The number of rotatable bonds is 0. The van der Waals surface area contributed by atoms with Crippen molar-refractivity contribution >= 4 is 26.6 Å². The smallest absolute Gasteiger partial charge is 1.00 e. The molecule has 0 aliphatic rings. The van der Waals surface area contributed by atoms with E-state index in [9.17, 15) is 4.57 Å². The van der Waals surface area contributed by atoms with Gasteiger partial charge in [-0.2, -0.15) is 0 Å². The van der Waals surface area contributed by atoms with E-state index in [-0.39, 0.29) is 12.4 Å². The molecule has 0 spiro atoms. The van der Waals surface area contributed by atoms with Crippen molar-refractivity contribution in [2.75, 3.05) is 0 Å². The van der Waals surface area contributed by atoms with Crippen LogP contribution in [0.25, 0.3) is 0 Å². The van der Waals surface area contributed by atoms with E-state index in [0.717, 1.165) is 0 Å². The maximum Gasteiger partial charge on any atom is -1.00 e. The maximum absolute atomic E-state index is 9.34. The Hall–Kier alpha value is 1.21. The summed E-state index contributed by atoms with van der Waals surface area (Å²) in [6, 6.07) is 0. The van der Waals surface area contributed by atoms with Crippen molar-refractivity contribution in [2.24, 2.45) is 0 Å². The van der Waals surface area contributed by atoms with Gasteiger partial charge in [0.1, 0.15) is 0 Å². The molecule has 0 heterocycles. The summed E-state index contributed by atoms with van der Waals surface area (Å²) in [5.74, 6) is 0. The molecule has 0 unspecified atom stereocenters. The molecular formula is H2ClMgO3P. The van der Waals surface area contributed by atoms with Crippen LogP contribution in [0.15, 0.2) is 0 Å². The van der Waals surface area contributed by atoms with Crippen LogP contribution >= 0.6 is 5.38 Å².